The maximum absolute atomic E-state index is 12.7. The Bertz CT molecular complexity index is 4530. The van der Waals surface area contributed by atoms with Crippen LogP contribution in [-0.4, -0.2) is 79.3 Å². The van der Waals surface area contributed by atoms with Gasteiger partial charge in [0.2, 0.25) is 0 Å². The van der Waals surface area contributed by atoms with E-state index in [2.05, 4.69) is 9.97 Å². The molecule has 0 radical (unpaired) electrons. The predicted molar refractivity (Wildman–Crippen MR) is 311 cm³/mol. The van der Waals surface area contributed by atoms with Crippen LogP contribution in [0.4, 0.5) is 45.5 Å². The fourth-order valence-corrected chi connectivity index (χ4v) is 10.6. The first-order chi connectivity index (χ1) is 42.2. The molecule has 32 nitrogen and oxygen atoms in total. The van der Waals surface area contributed by atoms with Crippen molar-refractivity contribution in [3.63, 3.8) is 0 Å². The number of H-pyrrole nitrogens is 2. The Morgan fingerprint density at radius 2 is 0.420 bits per heavy atom. The molecule has 7 heterocycles. The van der Waals surface area contributed by atoms with E-state index >= 15 is 0 Å². The lowest BCUT2D eigenvalue weighted by Crippen LogP contribution is -1.97. The molecule has 11 aromatic rings. The van der Waals surface area contributed by atoms with E-state index in [0.717, 1.165) is 48.5 Å². The van der Waals surface area contributed by atoms with Crippen molar-refractivity contribution in [2.75, 3.05) is 0 Å². The summed E-state index contributed by atoms with van der Waals surface area (Å²) in [5, 5.41) is 102. The molecule has 5 aromatic heterocycles. The molecule has 0 saturated carbocycles. The van der Waals surface area contributed by atoms with Gasteiger partial charge in [-0.1, -0.05) is 24.3 Å². The van der Waals surface area contributed by atoms with Gasteiger partial charge in [-0.05, 0) is 70.8 Å². The SMILES string of the molecule is O=[N+]([O-])c1cc(-c2c3nc(c(-c4cc([N+](=O)[O-])cc([N+](=O)[O-])c4)c4ccc([nH]4)c(-c4cc([N+](=O)[O-])cc([N+](=O)[O-])c4)c4nc(c(-c5cc([N+](=O)[O-])cc([N+](=O)[O-])c5)c5ccc2[nH]5)-c2nc5ccccc5nc2-4)-c2nc4ccccc4nc2-3)cc([N+](=O)[O-])c1. The molecule has 426 valence electrons. The lowest BCUT2D eigenvalue weighted by molar-refractivity contribution is -0.394. The summed E-state index contributed by atoms with van der Waals surface area (Å²) < 4.78 is 0. The molecule has 0 aliphatic carbocycles. The first kappa shape index (κ1) is 53.6. The van der Waals surface area contributed by atoms with Crippen LogP contribution >= 0.6 is 0 Å². The van der Waals surface area contributed by atoms with Crippen LogP contribution in [0.15, 0.2) is 146 Å². The van der Waals surface area contributed by atoms with Crippen molar-refractivity contribution in [3.05, 3.63) is 227 Å². The molecular formula is C56H26N16O16. The van der Waals surface area contributed by atoms with Crippen LogP contribution in [0.5, 0.6) is 0 Å². The number of nitro benzene ring substituents is 8. The highest BCUT2D eigenvalue weighted by atomic mass is 16.7. The number of fused-ring (bicyclic) bond motifs is 16. The third-order valence-corrected chi connectivity index (χ3v) is 14.3. The number of hydrogen-bond acceptors (Lipinski definition) is 22. The van der Waals surface area contributed by atoms with E-state index in [-0.39, 0.29) is 134 Å². The van der Waals surface area contributed by atoms with E-state index in [0.29, 0.717) is 24.3 Å². The van der Waals surface area contributed by atoms with Gasteiger partial charge >= 0.3 is 0 Å². The van der Waals surface area contributed by atoms with Crippen LogP contribution < -0.4 is 0 Å². The summed E-state index contributed by atoms with van der Waals surface area (Å²) in [6.45, 7) is 0. The lowest BCUT2D eigenvalue weighted by atomic mass is 9.99. The predicted octanol–water partition coefficient (Wildman–Crippen LogP) is 12.8. The Morgan fingerprint density at radius 3 is 0.591 bits per heavy atom. The average molecular weight is 1180 g/mol. The van der Waals surface area contributed by atoms with Gasteiger partial charge in [-0.2, -0.15) is 0 Å². The smallest absolute Gasteiger partial charge is 0.276 e. The third kappa shape index (κ3) is 8.99. The fraction of sp³-hybridized carbons (Fsp3) is 0. The van der Waals surface area contributed by atoms with Gasteiger partial charge in [0.05, 0.1) is 85.7 Å². The standard InChI is InChI=1S/C56H26N16O16/c73-65(74)29-13-25(14-30(21-29)66(75)76)45-41-9-10-43(57-41)47(27-17-33(69(81)82)23-34(18-27)70(83)84)51-55-56(62-40-8-4-3-7-39(40)61-55)52(64-51)48(28-19-35(71(85)86)24-36(20-28)72(87)88)44-12-11-42(58-44)46(26-15-31(67(77)78)22-32(16-26)68(79)80)50-54-53(49(45)63-50)59-37-5-1-2-6-38(37)60-54/h1-24,57-58H. The van der Waals surface area contributed by atoms with E-state index in [1.54, 1.807) is 48.5 Å². The van der Waals surface area contributed by atoms with Crippen LogP contribution in [0, 0.1) is 80.9 Å². The molecule has 88 heavy (non-hydrogen) atoms. The molecule has 8 bridgehead atoms. The summed E-state index contributed by atoms with van der Waals surface area (Å²) in [5.41, 5.74) is -9.53. The molecule has 0 atom stereocenters. The molecule has 0 fully saturated rings. The summed E-state index contributed by atoms with van der Waals surface area (Å²) in [5.74, 6) is 0. The second-order valence-corrected chi connectivity index (χ2v) is 19.5. The van der Waals surface area contributed by atoms with Crippen molar-refractivity contribution in [1.29, 1.82) is 0 Å². The lowest BCUT2D eigenvalue weighted by Gasteiger charge is -2.09. The molecule has 2 aliphatic rings. The molecule has 0 unspecified atom stereocenters. The Kier molecular flexibility index (Phi) is 12.2. The monoisotopic (exact) mass is 1180 g/mol. The Morgan fingerprint density at radius 1 is 0.239 bits per heavy atom. The van der Waals surface area contributed by atoms with E-state index in [1.165, 1.54) is 24.3 Å². The number of aromatic nitrogens is 8. The number of nitrogens with one attached hydrogen (secondary N) is 2. The molecule has 0 saturated heterocycles. The van der Waals surface area contributed by atoms with Crippen LogP contribution in [0.1, 0.15) is 0 Å². The van der Waals surface area contributed by atoms with Gasteiger partial charge < -0.3 is 9.97 Å². The molecule has 0 spiro atoms. The van der Waals surface area contributed by atoms with Gasteiger partial charge in [0.15, 0.2) is 0 Å². The number of rotatable bonds is 12. The summed E-state index contributed by atoms with van der Waals surface area (Å²) >= 11 is 0. The van der Waals surface area contributed by atoms with Gasteiger partial charge in [0.25, 0.3) is 45.5 Å². The number of nitro groups is 8. The number of non-ortho nitro benzene ring substituents is 8. The maximum Gasteiger partial charge on any atom is 0.276 e. The van der Waals surface area contributed by atoms with E-state index < -0.39 is 84.9 Å². The molecule has 32 heteroatoms. The normalized spacial score (nSPS) is 11.5. The highest BCUT2D eigenvalue weighted by Gasteiger charge is 2.35. The zero-order valence-electron chi connectivity index (χ0n) is 43.6. The second-order valence-electron chi connectivity index (χ2n) is 19.5. The van der Waals surface area contributed by atoms with E-state index in [9.17, 15) is 80.9 Å². The molecule has 0 amide bonds. The molecule has 2 aliphatic heterocycles. The topological polar surface area (TPSA) is 454 Å². The number of nitrogens with zero attached hydrogens (tertiary/aromatic N) is 14. The van der Waals surface area contributed by atoms with Crippen LogP contribution in [0.3, 0.4) is 0 Å². The summed E-state index contributed by atoms with van der Waals surface area (Å²) in [6.07, 6.45) is 0. The van der Waals surface area contributed by atoms with Crippen LogP contribution in [-0.2, 0) is 0 Å². The minimum absolute atomic E-state index is 0.117. The first-order valence-corrected chi connectivity index (χ1v) is 25.3. The summed E-state index contributed by atoms with van der Waals surface area (Å²) in [6, 6.07) is 28.9. The van der Waals surface area contributed by atoms with Gasteiger partial charge in [0, 0.05) is 92.9 Å². The fourth-order valence-electron chi connectivity index (χ4n) is 10.6. The number of hydrogen-bond donors (Lipinski definition) is 2. The number of para-hydroxylation sites is 4. The zero-order valence-corrected chi connectivity index (χ0v) is 43.6. The zero-order chi connectivity index (χ0) is 61.7. The minimum Gasteiger partial charge on any atom is -0.354 e. The van der Waals surface area contributed by atoms with Crippen molar-refractivity contribution in [2.45, 2.75) is 0 Å². The highest BCUT2D eigenvalue weighted by molar-refractivity contribution is 6.07. The van der Waals surface area contributed by atoms with Gasteiger partial charge in [-0.15, -0.1) is 0 Å². The van der Waals surface area contributed by atoms with E-state index in [4.69, 9.17) is 29.9 Å². The van der Waals surface area contributed by atoms with Gasteiger partial charge in [0.1, 0.15) is 45.6 Å². The van der Waals surface area contributed by atoms with E-state index in [1.807, 2.05) is 0 Å². The van der Waals surface area contributed by atoms with Crippen molar-refractivity contribution >= 4 is 89.6 Å². The van der Waals surface area contributed by atoms with Gasteiger partial charge in [-0.25, -0.2) is 29.9 Å². The molecule has 2 N–H and O–H groups in total. The maximum atomic E-state index is 12.7. The largest absolute Gasteiger partial charge is 0.354 e. The summed E-state index contributed by atoms with van der Waals surface area (Å²) in [7, 11) is 0. The molecule has 13 rings (SSSR count). The van der Waals surface area contributed by atoms with Crippen molar-refractivity contribution < 1.29 is 39.4 Å². The van der Waals surface area contributed by atoms with Crippen LogP contribution in [0.2, 0.25) is 0 Å². The highest BCUT2D eigenvalue weighted by Crippen LogP contribution is 2.50. The second kappa shape index (κ2) is 20.0. The Balaban J connectivity index is 1.35. The van der Waals surface area contributed by atoms with Crippen molar-refractivity contribution in [1.82, 2.24) is 39.9 Å². The van der Waals surface area contributed by atoms with Crippen molar-refractivity contribution in [2.24, 2.45) is 0 Å². The number of benzene rings is 6. The van der Waals surface area contributed by atoms with Crippen LogP contribution in [0.25, 0.3) is 134 Å². The minimum atomic E-state index is -0.890. The quantitative estimate of drug-likeness (QED) is 0.0847. The molecular weight excluding hydrogens is 1150 g/mol. The van der Waals surface area contributed by atoms with Gasteiger partial charge in [-0.3, -0.25) is 80.9 Å². The first-order valence-electron chi connectivity index (χ1n) is 25.3. The Labute approximate surface area is 484 Å². The summed E-state index contributed by atoms with van der Waals surface area (Å²) in [4.78, 5) is 131. The third-order valence-electron chi connectivity index (χ3n) is 14.3. The average Bonchev–Trinajstić information content (AvgIpc) is 1.61. The Hall–Kier alpha value is -13.7. The number of aromatic amines is 2. The van der Waals surface area contributed by atoms with Crippen molar-refractivity contribution in [3.8, 4) is 90.1 Å². The molecule has 6 aromatic carbocycles.